The van der Waals surface area contributed by atoms with Crippen LogP contribution in [0.15, 0.2) is 91.4 Å². The molecule has 0 saturated heterocycles. The van der Waals surface area contributed by atoms with Gasteiger partial charge in [-0.25, -0.2) is 4.79 Å². The second-order valence-electron chi connectivity index (χ2n) is 13.7. The van der Waals surface area contributed by atoms with Crippen molar-refractivity contribution in [3.8, 4) is 0 Å². The number of rotatable bonds is 17. The van der Waals surface area contributed by atoms with Crippen LogP contribution in [0.5, 0.6) is 0 Å². The molecule has 0 aliphatic heterocycles. The largest absolute Gasteiger partial charge is 0.444 e. The SMILES string of the molecule is C[C@@H](CC(=O)[C@@H](C)NC(=O)OC(C)(C)C)C(=O)NCCc1ccc(CC(=O)c2ccc(CN(Cc3ccccn3)Cc3ccccn3)nc2)cc1. The monoisotopic (exact) mass is 692 g/mol. The summed E-state index contributed by atoms with van der Waals surface area (Å²) in [6, 6.07) is 22.4. The average molecular weight is 693 g/mol. The molecule has 0 unspecified atom stereocenters. The van der Waals surface area contributed by atoms with Crippen molar-refractivity contribution < 1.29 is 23.9 Å². The molecule has 268 valence electrons. The first-order valence-corrected chi connectivity index (χ1v) is 17.2. The maximum Gasteiger partial charge on any atom is 0.408 e. The minimum absolute atomic E-state index is 0.000160. The van der Waals surface area contributed by atoms with Crippen LogP contribution in [0, 0.1) is 5.92 Å². The van der Waals surface area contributed by atoms with E-state index in [0.717, 1.165) is 28.2 Å². The lowest BCUT2D eigenvalue weighted by atomic mass is 10.00. The summed E-state index contributed by atoms with van der Waals surface area (Å²) in [6.07, 6.45) is 5.38. The quantitative estimate of drug-likeness (QED) is 0.134. The summed E-state index contributed by atoms with van der Waals surface area (Å²) in [5.74, 6) is -1.05. The fraction of sp³-hybridized carbons (Fsp3) is 0.375. The number of nitrogens with one attached hydrogen (secondary N) is 2. The smallest absolute Gasteiger partial charge is 0.408 e. The number of pyridine rings is 3. The molecule has 0 aliphatic carbocycles. The van der Waals surface area contributed by atoms with Gasteiger partial charge >= 0.3 is 6.09 Å². The summed E-state index contributed by atoms with van der Waals surface area (Å²) in [5.41, 5.74) is 4.53. The van der Waals surface area contributed by atoms with Crippen LogP contribution in [0.3, 0.4) is 0 Å². The summed E-state index contributed by atoms with van der Waals surface area (Å²) < 4.78 is 5.19. The predicted molar refractivity (Wildman–Crippen MR) is 194 cm³/mol. The molecule has 4 aromatic rings. The van der Waals surface area contributed by atoms with E-state index >= 15 is 0 Å². The highest BCUT2D eigenvalue weighted by Crippen LogP contribution is 2.14. The van der Waals surface area contributed by atoms with Crippen LogP contribution in [-0.4, -0.2) is 61.6 Å². The first-order chi connectivity index (χ1) is 24.3. The third-order valence-electron chi connectivity index (χ3n) is 8.03. The van der Waals surface area contributed by atoms with Crippen LogP contribution in [0.25, 0.3) is 0 Å². The number of hydrogen-bond acceptors (Lipinski definition) is 9. The molecule has 2 atom stereocenters. The van der Waals surface area contributed by atoms with Crippen LogP contribution in [-0.2, 0) is 46.8 Å². The number of nitrogens with zero attached hydrogens (tertiary/aromatic N) is 4. The molecule has 3 aromatic heterocycles. The Morgan fingerprint density at radius 1 is 0.765 bits per heavy atom. The van der Waals surface area contributed by atoms with Crippen molar-refractivity contribution in [1.29, 1.82) is 0 Å². The van der Waals surface area contributed by atoms with E-state index in [1.165, 1.54) is 0 Å². The second kappa shape index (κ2) is 18.6. The molecule has 51 heavy (non-hydrogen) atoms. The number of carbonyl (C=O) groups excluding carboxylic acids is 4. The number of amides is 2. The van der Waals surface area contributed by atoms with E-state index < -0.39 is 23.7 Å². The Hall–Kier alpha value is -5.29. The minimum atomic E-state index is -0.765. The van der Waals surface area contributed by atoms with E-state index in [2.05, 4.69) is 30.5 Å². The zero-order chi connectivity index (χ0) is 36.8. The van der Waals surface area contributed by atoms with Gasteiger partial charge < -0.3 is 15.4 Å². The van der Waals surface area contributed by atoms with E-state index in [1.807, 2.05) is 72.8 Å². The molecule has 2 amide bonds. The summed E-state index contributed by atoms with van der Waals surface area (Å²) in [5, 5.41) is 5.40. The molecule has 0 aliphatic rings. The van der Waals surface area contributed by atoms with E-state index in [1.54, 1.807) is 53.2 Å². The zero-order valence-corrected chi connectivity index (χ0v) is 30.1. The maximum absolute atomic E-state index is 13.1. The number of carbonyl (C=O) groups is 4. The van der Waals surface area contributed by atoms with Gasteiger partial charge in [-0.15, -0.1) is 0 Å². The highest BCUT2D eigenvalue weighted by Gasteiger charge is 2.24. The zero-order valence-electron chi connectivity index (χ0n) is 30.1. The van der Waals surface area contributed by atoms with Crippen LogP contribution in [0.2, 0.25) is 0 Å². The van der Waals surface area contributed by atoms with Crippen LogP contribution < -0.4 is 10.6 Å². The summed E-state index contributed by atoms with van der Waals surface area (Å²) in [6.45, 7) is 10.7. The fourth-order valence-electron chi connectivity index (χ4n) is 5.27. The molecule has 2 N–H and O–H groups in total. The van der Waals surface area contributed by atoms with Gasteiger partial charge in [-0.1, -0.05) is 43.3 Å². The van der Waals surface area contributed by atoms with Gasteiger partial charge in [0.25, 0.3) is 0 Å². The van der Waals surface area contributed by atoms with E-state index in [0.29, 0.717) is 38.2 Å². The maximum atomic E-state index is 13.1. The van der Waals surface area contributed by atoms with Crippen molar-refractivity contribution >= 4 is 23.6 Å². The van der Waals surface area contributed by atoms with Crippen LogP contribution in [0.1, 0.15) is 79.6 Å². The second-order valence-corrected chi connectivity index (χ2v) is 13.7. The average Bonchev–Trinajstić information content (AvgIpc) is 3.09. The number of Topliss-reactive ketones (excluding diaryl/α,β-unsaturated/α-hetero) is 2. The van der Waals surface area contributed by atoms with E-state index in [4.69, 9.17) is 4.74 Å². The molecule has 0 bridgehead atoms. The molecule has 1 aromatic carbocycles. The molecule has 11 heteroatoms. The highest BCUT2D eigenvalue weighted by atomic mass is 16.6. The summed E-state index contributed by atoms with van der Waals surface area (Å²) in [4.78, 5) is 66.0. The minimum Gasteiger partial charge on any atom is -0.444 e. The molecule has 4 rings (SSSR count). The Morgan fingerprint density at radius 3 is 1.88 bits per heavy atom. The topological polar surface area (TPSA) is 143 Å². The Morgan fingerprint density at radius 2 is 1.35 bits per heavy atom. The van der Waals surface area contributed by atoms with Gasteiger partial charge in [0.15, 0.2) is 11.6 Å². The Labute approximate surface area is 300 Å². The number of ketones is 2. The number of hydrogen-bond donors (Lipinski definition) is 2. The molecule has 11 nitrogen and oxygen atoms in total. The van der Waals surface area contributed by atoms with Gasteiger partial charge in [0.2, 0.25) is 5.91 Å². The fourth-order valence-corrected chi connectivity index (χ4v) is 5.27. The molecule has 0 spiro atoms. The van der Waals surface area contributed by atoms with Crippen molar-refractivity contribution in [3.63, 3.8) is 0 Å². The Bertz CT molecular complexity index is 1680. The number of benzene rings is 1. The van der Waals surface area contributed by atoms with Crippen molar-refractivity contribution in [2.45, 2.75) is 85.2 Å². The summed E-state index contributed by atoms with van der Waals surface area (Å²) >= 11 is 0. The van der Waals surface area contributed by atoms with E-state index in [-0.39, 0.29) is 30.3 Å². The van der Waals surface area contributed by atoms with Crippen molar-refractivity contribution in [2.24, 2.45) is 5.92 Å². The third-order valence-corrected chi connectivity index (χ3v) is 8.03. The van der Waals surface area contributed by atoms with Crippen molar-refractivity contribution in [1.82, 2.24) is 30.5 Å². The highest BCUT2D eigenvalue weighted by molar-refractivity contribution is 5.97. The predicted octanol–water partition coefficient (Wildman–Crippen LogP) is 5.67. The lowest BCUT2D eigenvalue weighted by Gasteiger charge is -2.22. The number of alkyl carbamates (subject to hydrolysis) is 1. The lowest BCUT2D eigenvalue weighted by molar-refractivity contribution is -0.129. The van der Waals surface area contributed by atoms with Crippen molar-refractivity contribution in [2.75, 3.05) is 6.54 Å². The molecular formula is C40H48N6O5. The molecular weight excluding hydrogens is 644 g/mol. The van der Waals surface area contributed by atoms with Crippen LogP contribution >= 0.6 is 0 Å². The van der Waals surface area contributed by atoms with Gasteiger partial charge in [0, 0.05) is 69.1 Å². The molecule has 3 heterocycles. The summed E-state index contributed by atoms with van der Waals surface area (Å²) in [7, 11) is 0. The number of aromatic nitrogens is 3. The van der Waals surface area contributed by atoms with Gasteiger partial charge in [-0.2, -0.15) is 0 Å². The number of ether oxygens (including phenoxy) is 1. The normalized spacial score (nSPS) is 12.5. The van der Waals surface area contributed by atoms with E-state index in [9.17, 15) is 19.2 Å². The molecule has 0 fully saturated rings. The van der Waals surface area contributed by atoms with Gasteiger partial charge in [-0.3, -0.25) is 34.2 Å². The van der Waals surface area contributed by atoms with Gasteiger partial charge in [0.05, 0.1) is 23.1 Å². The third kappa shape index (κ3) is 13.5. The van der Waals surface area contributed by atoms with Gasteiger partial charge in [-0.05, 0) is 81.6 Å². The lowest BCUT2D eigenvalue weighted by Crippen LogP contribution is -2.43. The molecule has 0 saturated carbocycles. The van der Waals surface area contributed by atoms with Gasteiger partial charge in [0.1, 0.15) is 5.60 Å². The van der Waals surface area contributed by atoms with Crippen molar-refractivity contribution in [3.05, 3.63) is 125 Å². The molecule has 0 radical (unpaired) electrons. The first-order valence-electron chi connectivity index (χ1n) is 17.2. The first kappa shape index (κ1) is 38.5. The Balaban J connectivity index is 1.21. The standard InChI is InChI=1S/C40H48N6O5/c1-28(22-36(47)29(2)45-39(50)51-40(3,4)5)38(49)43-21-18-30-12-14-31(15-13-30)23-37(48)32-16-17-35(44-24-32)27-46(25-33-10-6-8-19-41-33)26-34-11-7-9-20-42-34/h6-17,19-20,24,28-29H,18,21-23,25-27H2,1-5H3,(H,43,49)(H,45,50)/t28-,29+/m0/s1. The Kier molecular flexibility index (Phi) is 14.1. The van der Waals surface area contributed by atoms with Crippen LogP contribution in [0.4, 0.5) is 4.79 Å².